The fourth-order valence-corrected chi connectivity index (χ4v) is 4.47. The number of rotatable bonds is 10. The van der Waals surface area contributed by atoms with E-state index in [4.69, 9.17) is 11.6 Å². The minimum absolute atomic E-state index is 0.322. The molecule has 11 heteroatoms. The lowest BCUT2D eigenvalue weighted by Gasteiger charge is -2.23. The van der Waals surface area contributed by atoms with Gasteiger partial charge in [-0.1, -0.05) is 11.6 Å². The molecular weight excluding hydrogens is 462 g/mol. The van der Waals surface area contributed by atoms with Crippen molar-refractivity contribution in [3.8, 4) is 0 Å². The molecule has 2 atom stereocenters. The molecule has 0 spiro atoms. The Morgan fingerprint density at radius 2 is 2.03 bits per heavy atom. The molecule has 1 fully saturated rings. The van der Waals surface area contributed by atoms with E-state index in [1.165, 1.54) is 18.2 Å². The van der Waals surface area contributed by atoms with Gasteiger partial charge in [-0.3, -0.25) is 5.32 Å². The molecule has 0 saturated carbocycles. The maximum absolute atomic E-state index is 14.7. The second-order valence-electron chi connectivity index (χ2n) is 7.13. The number of likely N-dealkylation sites (N-methyl/N-ethyl adjacent to an activating group) is 1. The van der Waals surface area contributed by atoms with E-state index in [9.17, 15) is 8.78 Å². The summed E-state index contributed by atoms with van der Waals surface area (Å²) in [5, 5.41) is 12.8. The maximum atomic E-state index is 14.7. The molecule has 5 N–H and O–H groups in total. The van der Waals surface area contributed by atoms with E-state index in [2.05, 4.69) is 43.5 Å². The molecule has 0 amide bonds. The Kier molecular flexibility index (Phi) is 9.08. The van der Waals surface area contributed by atoms with Crippen LogP contribution in [0, 0.1) is 11.6 Å². The summed E-state index contributed by atoms with van der Waals surface area (Å²) in [6, 6.07) is 7.75. The molecule has 0 aliphatic carbocycles. The maximum Gasteiger partial charge on any atom is 0.140 e. The molecule has 0 radical (unpaired) electrons. The molecule has 2 aromatic rings. The molecule has 1 heterocycles. The quantitative estimate of drug-likeness (QED) is 0.173. The summed E-state index contributed by atoms with van der Waals surface area (Å²) in [6.45, 7) is 2.13. The minimum atomic E-state index is -0.432. The van der Waals surface area contributed by atoms with E-state index < -0.39 is 5.82 Å². The summed E-state index contributed by atoms with van der Waals surface area (Å²) >= 11 is 11.8. The number of benzene rings is 2. The van der Waals surface area contributed by atoms with Crippen molar-refractivity contribution in [3.63, 3.8) is 0 Å². The molecule has 31 heavy (non-hydrogen) atoms. The highest BCUT2D eigenvalue weighted by Crippen LogP contribution is 2.36. The Bertz CT molecular complexity index is 891. The van der Waals surface area contributed by atoms with Crippen molar-refractivity contribution in [2.75, 3.05) is 44.1 Å². The Labute approximate surface area is 196 Å². The van der Waals surface area contributed by atoms with Gasteiger partial charge in [-0.2, -0.15) is 0 Å². The van der Waals surface area contributed by atoms with Gasteiger partial charge < -0.3 is 20.9 Å². The van der Waals surface area contributed by atoms with Crippen molar-refractivity contribution >= 4 is 53.2 Å². The van der Waals surface area contributed by atoms with E-state index in [-0.39, 0.29) is 11.3 Å². The van der Waals surface area contributed by atoms with Crippen LogP contribution in [0.5, 0.6) is 0 Å². The van der Waals surface area contributed by atoms with Crippen LogP contribution in [0.1, 0.15) is 6.42 Å². The van der Waals surface area contributed by atoms with Gasteiger partial charge in [0.15, 0.2) is 0 Å². The highest BCUT2D eigenvalue weighted by Gasteiger charge is 2.24. The first-order valence-corrected chi connectivity index (χ1v) is 11.6. The first kappa shape index (κ1) is 24.4. The van der Waals surface area contributed by atoms with Crippen LogP contribution in [0.3, 0.4) is 0 Å². The van der Waals surface area contributed by atoms with E-state index in [0.29, 0.717) is 34.0 Å². The molecule has 6 nitrogen and oxygen atoms in total. The summed E-state index contributed by atoms with van der Waals surface area (Å²) in [7, 11) is 3.73. The monoisotopic (exact) mass is 488 g/mol. The largest absolute Gasteiger partial charge is 0.368 e. The molecule has 2 unspecified atom stereocenters. The predicted octanol–water partition coefficient (Wildman–Crippen LogP) is 3.74. The molecule has 0 bridgehead atoms. The SMILES string of the molecule is CNCNC(S)NSc1cc(Cl)c(Nc2ccc(F)cc2N2CCC(NC)C2)cc1F. The predicted molar refractivity (Wildman–Crippen MR) is 130 cm³/mol. The van der Waals surface area contributed by atoms with Crippen molar-refractivity contribution in [3.05, 3.63) is 47.0 Å². The van der Waals surface area contributed by atoms with Gasteiger partial charge in [-0.05, 0) is 56.7 Å². The van der Waals surface area contributed by atoms with Crippen molar-refractivity contribution in [2.24, 2.45) is 0 Å². The normalized spacial score (nSPS) is 17.2. The van der Waals surface area contributed by atoms with Gasteiger partial charge in [-0.25, -0.2) is 13.5 Å². The van der Waals surface area contributed by atoms with Gasteiger partial charge >= 0.3 is 0 Å². The number of nitrogens with one attached hydrogen (secondary N) is 5. The lowest BCUT2D eigenvalue weighted by Crippen LogP contribution is -2.38. The van der Waals surface area contributed by atoms with Crippen LogP contribution < -0.4 is 30.9 Å². The topological polar surface area (TPSA) is 63.4 Å². The number of anilines is 3. The zero-order valence-electron chi connectivity index (χ0n) is 17.3. The van der Waals surface area contributed by atoms with E-state index >= 15 is 0 Å². The lowest BCUT2D eigenvalue weighted by atomic mass is 10.2. The zero-order chi connectivity index (χ0) is 22.4. The average molecular weight is 489 g/mol. The van der Waals surface area contributed by atoms with Gasteiger partial charge in [-0.15, -0.1) is 12.6 Å². The number of thiol groups is 1. The average Bonchev–Trinajstić information content (AvgIpc) is 3.24. The smallest absolute Gasteiger partial charge is 0.140 e. The zero-order valence-corrected chi connectivity index (χ0v) is 19.8. The van der Waals surface area contributed by atoms with E-state index in [0.717, 1.165) is 37.1 Å². The Balaban J connectivity index is 1.75. The molecular formula is C20H27ClF2N6S2. The molecule has 2 aromatic carbocycles. The number of hydrogen-bond acceptors (Lipinski definition) is 8. The van der Waals surface area contributed by atoms with Crippen LogP contribution >= 0.6 is 36.2 Å². The first-order chi connectivity index (χ1) is 14.9. The number of halogens is 3. The van der Waals surface area contributed by atoms with E-state index in [1.807, 2.05) is 7.05 Å². The molecule has 170 valence electrons. The van der Waals surface area contributed by atoms with Crippen molar-refractivity contribution in [1.82, 2.24) is 20.7 Å². The first-order valence-electron chi connectivity index (χ1n) is 9.87. The van der Waals surface area contributed by atoms with Crippen LogP contribution in [0.2, 0.25) is 5.02 Å². The second-order valence-corrected chi connectivity index (χ2v) is 8.93. The summed E-state index contributed by atoms with van der Waals surface area (Å²) in [4.78, 5) is 2.45. The molecule has 1 aliphatic heterocycles. The van der Waals surface area contributed by atoms with Crippen molar-refractivity contribution in [2.45, 2.75) is 22.9 Å². The third-order valence-electron chi connectivity index (χ3n) is 4.94. The second kappa shape index (κ2) is 11.6. The van der Waals surface area contributed by atoms with Crippen LogP contribution in [0.4, 0.5) is 25.8 Å². The highest BCUT2D eigenvalue weighted by molar-refractivity contribution is 7.98. The third kappa shape index (κ3) is 6.61. The summed E-state index contributed by atoms with van der Waals surface area (Å²) in [5.41, 5.74) is 1.47. The van der Waals surface area contributed by atoms with Crippen molar-refractivity contribution in [1.29, 1.82) is 0 Å². The molecule has 1 saturated heterocycles. The van der Waals surface area contributed by atoms with Crippen LogP contribution in [-0.2, 0) is 0 Å². The Hall–Kier alpha value is -1.27. The summed E-state index contributed by atoms with van der Waals surface area (Å²) in [6.07, 6.45) is 0.968. The van der Waals surface area contributed by atoms with Crippen LogP contribution in [-0.4, -0.2) is 45.4 Å². The Morgan fingerprint density at radius 3 is 2.74 bits per heavy atom. The number of hydrogen-bond donors (Lipinski definition) is 6. The minimum Gasteiger partial charge on any atom is -0.368 e. The number of nitrogens with zero attached hydrogens (tertiary/aromatic N) is 1. The van der Waals surface area contributed by atoms with Crippen LogP contribution in [0.25, 0.3) is 0 Å². The van der Waals surface area contributed by atoms with Gasteiger partial charge in [0, 0.05) is 31.9 Å². The molecule has 1 aliphatic rings. The lowest BCUT2D eigenvalue weighted by molar-refractivity contribution is 0.591. The van der Waals surface area contributed by atoms with Gasteiger partial charge in [0.1, 0.15) is 17.1 Å². The standard InChI is InChI=1S/C20H27ClF2N6S2/c1-24-11-26-20(30)28-31-19-8-14(21)17(9-15(19)23)27-16-4-3-12(22)7-18(16)29-6-5-13(10-29)25-2/h3-4,7-9,13,20,24-28,30H,5-6,10-11H2,1-2H3. The fourth-order valence-electron chi connectivity index (χ4n) is 3.29. The third-order valence-corrected chi connectivity index (χ3v) is 6.63. The summed E-state index contributed by atoms with van der Waals surface area (Å²) in [5.74, 6) is -0.754. The van der Waals surface area contributed by atoms with Crippen LogP contribution in [0.15, 0.2) is 35.2 Å². The van der Waals surface area contributed by atoms with Gasteiger partial charge in [0.25, 0.3) is 0 Å². The van der Waals surface area contributed by atoms with E-state index in [1.54, 1.807) is 19.2 Å². The highest BCUT2D eigenvalue weighted by atomic mass is 35.5. The van der Waals surface area contributed by atoms with Gasteiger partial charge in [0.2, 0.25) is 0 Å². The molecule has 0 aromatic heterocycles. The molecule has 3 rings (SSSR count). The van der Waals surface area contributed by atoms with Crippen molar-refractivity contribution < 1.29 is 8.78 Å². The fraction of sp³-hybridized carbons (Fsp3) is 0.400. The Morgan fingerprint density at radius 1 is 1.23 bits per heavy atom. The summed E-state index contributed by atoms with van der Waals surface area (Å²) < 4.78 is 31.7. The van der Waals surface area contributed by atoms with Gasteiger partial charge in [0.05, 0.1) is 27.0 Å².